The first kappa shape index (κ1) is 13.6. The zero-order valence-electron chi connectivity index (χ0n) is 9.38. The van der Waals surface area contributed by atoms with Crippen LogP contribution in [0.25, 0.3) is 0 Å². The fraction of sp³-hybridized carbons (Fsp3) is 0.100. The van der Waals surface area contributed by atoms with E-state index in [4.69, 9.17) is 15.7 Å². The van der Waals surface area contributed by atoms with Gasteiger partial charge in [-0.15, -0.1) is 0 Å². The van der Waals surface area contributed by atoms with Crippen molar-refractivity contribution in [3.63, 3.8) is 0 Å². The third-order valence-electron chi connectivity index (χ3n) is 2.04. The molecule has 0 aliphatic heterocycles. The molecule has 0 aliphatic rings. The van der Waals surface area contributed by atoms with Crippen LogP contribution in [0.1, 0.15) is 5.56 Å². The topological polar surface area (TPSA) is 132 Å². The van der Waals surface area contributed by atoms with Crippen molar-refractivity contribution in [2.75, 3.05) is 5.43 Å². The third kappa shape index (κ3) is 3.28. The van der Waals surface area contributed by atoms with Crippen LogP contribution in [0, 0.1) is 29.6 Å². The highest BCUT2D eigenvalue weighted by Crippen LogP contribution is 2.19. The predicted molar refractivity (Wildman–Crippen MR) is 64.8 cm³/mol. The lowest BCUT2D eigenvalue weighted by atomic mass is 10.2. The van der Waals surface area contributed by atoms with E-state index >= 15 is 0 Å². The van der Waals surface area contributed by atoms with E-state index in [9.17, 15) is 8.42 Å². The van der Waals surface area contributed by atoms with Gasteiger partial charge in [-0.1, -0.05) is 6.07 Å². The molecule has 0 aromatic heterocycles. The summed E-state index contributed by atoms with van der Waals surface area (Å²) in [5.41, 5.74) is 3.13. The summed E-state index contributed by atoms with van der Waals surface area (Å²) in [5.74, 6) is 0. The number of sulfonamides is 1. The van der Waals surface area contributed by atoms with Crippen molar-refractivity contribution in [3.8, 4) is 12.1 Å². The number of nitrogens with one attached hydrogen (secondary N) is 1. The number of rotatable bonds is 3. The van der Waals surface area contributed by atoms with Gasteiger partial charge in [-0.25, -0.2) is 13.6 Å². The molecule has 92 valence electrons. The Kier molecular flexibility index (Phi) is 4.00. The minimum absolute atomic E-state index is 0.0822. The Bertz CT molecular complexity index is 663. The normalized spacial score (nSPS) is 10.0. The summed E-state index contributed by atoms with van der Waals surface area (Å²) >= 11 is 0. The number of hydrazone groups is 1. The average molecular weight is 263 g/mol. The molecule has 0 saturated heterocycles. The molecule has 0 bridgehead atoms. The van der Waals surface area contributed by atoms with Crippen LogP contribution in [-0.2, 0) is 10.0 Å². The van der Waals surface area contributed by atoms with Gasteiger partial charge in [-0.05, 0) is 24.6 Å². The van der Waals surface area contributed by atoms with Gasteiger partial charge in [-0.2, -0.15) is 15.6 Å². The summed E-state index contributed by atoms with van der Waals surface area (Å²) in [5, 5.41) is 25.5. The maximum absolute atomic E-state index is 11.2. The van der Waals surface area contributed by atoms with Crippen LogP contribution < -0.4 is 10.6 Å². The zero-order valence-corrected chi connectivity index (χ0v) is 10.2. The smallest absolute Gasteiger partial charge is 0.238 e. The number of hydrogen-bond donors (Lipinski definition) is 2. The minimum atomic E-state index is -3.81. The lowest BCUT2D eigenvalue weighted by Crippen LogP contribution is -2.12. The Morgan fingerprint density at radius 1 is 1.39 bits per heavy atom. The van der Waals surface area contributed by atoms with Crippen molar-refractivity contribution in [1.82, 2.24) is 0 Å². The Labute approximate surface area is 104 Å². The van der Waals surface area contributed by atoms with E-state index in [0.29, 0.717) is 11.3 Å². The number of nitriles is 2. The molecule has 0 saturated carbocycles. The average Bonchev–Trinajstić information content (AvgIpc) is 2.31. The molecule has 0 radical (unpaired) electrons. The molecule has 0 unspecified atom stereocenters. The summed E-state index contributed by atoms with van der Waals surface area (Å²) in [7, 11) is -3.81. The molecule has 1 aromatic carbocycles. The lowest BCUT2D eigenvalue weighted by molar-refractivity contribution is 0.598. The van der Waals surface area contributed by atoms with Gasteiger partial charge < -0.3 is 0 Å². The summed E-state index contributed by atoms with van der Waals surface area (Å²) < 4.78 is 22.3. The Morgan fingerprint density at radius 3 is 2.50 bits per heavy atom. The quantitative estimate of drug-likeness (QED) is 0.603. The number of primary sulfonamides is 1. The van der Waals surface area contributed by atoms with Crippen molar-refractivity contribution in [1.29, 1.82) is 10.5 Å². The van der Waals surface area contributed by atoms with Gasteiger partial charge in [0.25, 0.3) is 0 Å². The molecule has 0 spiro atoms. The molecule has 3 N–H and O–H groups in total. The molecule has 0 atom stereocenters. The number of hydrogen-bond acceptors (Lipinski definition) is 6. The van der Waals surface area contributed by atoms with Gasteiger partial charge in [0.1, 0.15) is 12.1 Å². The van der Waals surface area contributed by atoms with E-state index in [0.717, 1.165) is 0 Å². The number of nitrogens with two attached hydrogens (primary N) is 1. The maximum atomic E-state index is 11.2. The first-order valence-corrected chi connectivity index (χ1v) is 6.20. The number of anilines is 1. The van der Waals surface area contributed by atoms with Gasteiger partial charge >= 0.3 is 0 Å². The Hall–Kier alpha value is -2.42. The molecule has 18 heavy (non-hydrogen) atoms. The summed E-state index contributed by atoms with van der Waals surface area (Å²) in [6.07, 6.45) is 0. The predicted octanol–water partition coefficient (Wildman–Crippen LogP) is 0.457. The summed E-state index contributed by atoms with van der Waals surface area (Å²) in [6, 6.07) is 7.31. The van der Waals surface area contributed by atoms with Crippen LogP contribution in [0.15, 0.2) is 28.2 Å². The van der Waals surface area contributed by atoms with Crippen LogP contribution in [0.2, 0.25) is 0 Å². The van der Waals surface area contributed by atoms with Crippen LogP contribution in [-0.4, -0.2) is 14.1 Å². The van der Waals surface area contributed by atoms with E-state index in [2.05, 4.69) is 10.5 Å². The molecule has 0 heterocycles. The fourth-order valence-electron chi connectivity index (χ4n) is 1.09. The van der Waals surface area contributed by atoms with Crippen molar-refractivity contribution in [3.05, 3.63) is 23.8 Å². The van der Waals surface area contributed by atoms with Gasteiger partial charge in [0.2, 0.25) is 15.7 Å². The second-order valence-electron chi connectivity index (χ2n) is 3.32. The highest BCUT2D eigenvalue weighted by molar-refractivity contribution is 7.89. The number of benzene rings is 1. The molecule has 0 amide bonds. The first-order chi connectivity index (χ1) is 8.38. The van der Waals surface area contributed by atoms with Gasteiger partial charge in [-0.3, -0.25) is 5.43 Å². The highest BCUT2D eigenvalue weighted by atomic mass is 32.2. The van der Waals surface area contributed by atoms with Crippen molar-refractivity contribution >= 4 is 21.4 Å². The minimum Gasteiger partial charge on any atom is -0.276 e. The van der Waals surface area contributed by atoms with Crippen LogP contribution in [0.4, 0.5) is 5.69 Å². The summed E-state index contributed by atoms with van der Waals surface area (Å²) in [6.45, 7) is 1.71. The molecule has 7 nitrogen and oxygen atoms in total. The van der Waals surface area contributed by atoms with Crippen LogP contribution >= 0.6 is 0 Å². The monoisotopic (exact) mass is 263 g/mol. The fourth-order valence-corrected chi connectivity index (χ4v) is 1.63. The Morgan fingerprint density at radius 2 is 2.00 bits per heavy atom. The standard InChI is InChI=1S/C10H9N5O2S/c1-7-2-3-9(18(13,16)17)4-10(7)15-14-8(5-11)6-12/h2-4,15H,1H3,(H2,13,16,17). The molecule has 0 fully saturated rings. The second kappa shape index (κ2) is 5.27. The molecule has 1 aromatic rings. The van der Waals surface area contributed by atoms with Crippen molar-refractivity contribution < 1.29 is 8.42 Å². The third-order valence-corrected chi connectivity index (χ3v) is 2.95. The van der Waals surface area contributed by atoms with E-state index in [1.807, 2.05) is 0 Å². The SMILES string of the molecule is Cc1ccc(S(N)(=O)=O)cc1NN=C(C#N)C#N. The number of nitrogens with zero attached hydrogens (tertiary/aromatic N) is 3. The number of aryl methyl sites for hydroxylation is 1. The zero-order chi connectivity index (χ0) is 13.8. The van der Waals surface area contributed by atoms with E-state index in [-0.39, 0.29) is 10.6 Å². The maximum Gasteiger partial charge on any atom is 0.238 e. The van der Waals surface area contributed by atoms with Crippen molar-refractivity contribution in [2.24, 2.45) is 10.2 Å². The van der Waals surface area contributed by atoms with E-state index in [1.54, 1.807) is 19.1 Å². The largest absolute Gasteiger partial charge is 0.276 e. The van der Waals surface area contributed by atoms with E-state index in [1.165, 1.54) is 18.2 Å². The van der Waals surface area contributed by atoms with Gasteiger partial charge in [0.15, 0.2) is 0 Å². The summed E-state index contributed by atoms with van der Waals surface area (Å²) in [4.78, 5) is -0.0822. The molecule has 1 rings (SSSR count). The van der Waals surface area contributed by atoms with Gasteiger partial charge in [0.05, 0.1) is 10.6 Å². The van der Waals surface area contributed by atoms with Crippen LogP contribution in [0.3, 0.4) is 0 Å². The lowest BCUT2D eigenvalue weighted by Gasteiger charge is -2.06. The second-order valence-corrected chi connectivity index (χ2v) is 4.88. The molecule has 8 heteroatoms. The molecular weight excluding hydrogens is 254 g/mol. The van der Waals surface area contributed by atoms with E-state index < -0.39 is 10.0 Å². The Balaban J connectivity index is 3.16. The van der Waals surface area contributed by atoms with Crippen LogP contribution in [0.5, 0.6) is 0 Å². The molecule has 0 aliphatic carbocycles. The first-order valence-electron chi connectivity index (χ1n) is 4.66. The van der Waals surface area contributed by atoms with Gasteiger partial charge in [0, 0.05) is 0 Å². The van der Waals surface area contributed by atoms with Crippen molar-refractivity contribution in [2.45, 2.75) is 11.8 Å². The molecular formula is C10H9N5O2S. The highest BCUT2D eigenvalue weighted by Gasteiger charge is 2.09.